The van der Waals surface area contributed by atoms with Gasteiger partial charge in [-0.05, 0) is 30.5 Å². The third-order valence-corrected chi connectivity index (χ3v) is 6.31. The molecule has 0 aliphatic heterocycles. The highest BCUT2D eigenvalue weighted by Crippen LogP contribution is 2.38. The fourth-order valence-electron chi connectivity index (χ4n) is 2.73. The maximum Gasteiger partial charge on any atom is 0.346 e. The van der Waals surface area contributed by atoms with Gasteiger partial charge >= 0.3 is 5.97 Å². The minimum Gasteiger partial charge on any atom is -0.477 e. The Kier molecular flexibility index (Phi) is 3.98. The number of hydrogen-bond acceptors (Lipinski definition) is 3. The van der Waals surface area contributed by atoms with E-state index in [1.165, 1.54) is 43.1 Å². The molecule has 0 spiro atoms. The first-order valence-electron chi connectivity index (χ1n) is 6.71. The summed E-state index contributed by atoms with van der Waals surface area (Å²) in [7, 11) is 0. The number of aromatic carboxylic acids is 1. The van der Waals surface area contributed by atoms with Crippen molar-refractivity contribution in [2.75, 3.05) is 0 Å². The minimum atomic E-state index is -0.951. The van der Waals surface area contributed by atoms with Gasteiger partial charge in [-0.15, -0.1) is 11.3 Å². The molecule has 20 heavy (non-hydrogen) atoms. The lowest BCUT2D eigenvalue weighted by atomic mass is 10.1. The molecule has 1 aromatic carbocycles. The lowest BCUT2D eigenvalue weighted by Gasteiger charge is -2.09. The molecule has 0 atom stereocenters. The molecular formula is C15H15FO2S2. The van der Waals surface area contributed by atoms with E-state index in [-0.39, 0.29) is 10.7 Å². The van der Waals surface area contributed by atoms with E-state index in [0.29, 0.717) is 22.0 Å². The van der Waals surface area contributed by atoms with Crippen LogP contribution < -0.4 is 0 Å². The van der Waals surface area contributed by atoms with Crippen LogP contribution in [0, 0.1) is 5.82 Å². The van der Waals surface area contributed by atoms with Crippen LogP contribution in [-0.2, 0) is 5.75 Å². The van der Waals surface area contributed by atoms with Crippen LogP contribution in [0.2, 0.25) is 0 Å². The molecular weight excluding hydrogens is 295 g/mol. The number of benzene rings is 1. The Morgan fingerprint density at radius 1 is 1.40 bits per heavy atom. The van der Waals surface area contributed by atoms with Crippen LogP contribution in [0.15, 0.2) is 18.2 Å². The van der Waals surface area contributed by atoms with Gasteiger partial charge in [-0.1, -0.05) is 18.9 Å². The lowest BCUT2D eigenvalue weighted by Crippen LogP contribution is -2.00. The summed E-state index contributed by atoms with van der Waals surface area (Å²) in [6.45, 7) is 0. The standard InChI is InChI=1S/C15H15FO2S2/c16-11-6-3-7-12-13(11)10(14(20-12)15(17)18)8-19-9-4-1-2-5-9/h3,6-7,9H,1-2,4-5,8H2,(H,17,18). The molecule has 0 amide bonds. The highest BCUT2D eigenvalue weighted by Gasteiger charge is 2.22. The number of carboxylic acid groups (broad SMARTS) is 1. The maximum absolute atomic E-state index is 14.0. The van der Waals surface area contributed by atoms with Crippen molar-refractivity contribution in [1.29, 1.82) is 0 Å². The number of carbonyl (C=O) groups is 1. The molecule has 1 saturated carbocycles. The summed E-state index contributed by atoms with van der Waals surface area (Å²) in [5, 5.41) is 10.4. The first-order chi connectivity index (χ1) is 9.66. The quantitative estimate of drug-likeness (QED) is 0.871. The predicted molar refractivity (Wildman–Crippen MR) is 82.3 cm³/mol. The summed E-state index contributed by atoms with van der Waals surface area (Å²) in [4.78, 5) is 11.7. The first kappa shape index (κ1) is 13.9. The van der Waals surface area contributed by atoms with E-state index >= 15 is 0 Å². The van der Waals surface area contributed by atoms with Gasteiger partial charge in [-0.3, -0.25) is 0 Å². The van der Waals surface area contributed by atoms with Crippen LogP contribution in [-0.4, -0.2) is 16.3 Å². The Morgan fingerprint density at radius 2 is 2.15 bits per heavy atom. The average molecular weight is 310 g/mol. The molecule has 5 heteroatoms. The van der Waals surface area contributed by atoms with Gasteiger partial charge in [0, 0.05) is 21.1 Å². The molecule has 0 saturated heterocycles. The van der Waals surface area contributed by atoms with Crippen molar-refractivity contribution in [2.24, 2.45) is 0 Å². The summed E-state index contributed by atoms with van der Waals surface area (Å²) in [5.41, 5.74) is 0.660. The Hall–Kier alpha value is -1.07. The fraction of sp³-hybridized carbons (Fsp3) is 0.400. The molecule has 0 bridgehead atoms. The number of fused-ring (bicyclic) bond motifs is 1. The molecule has 1 heterocycles. The van der Waals surface area contributed by atoms with Crippen molar-refractivity contribution in [2.45, 2.75) is 36.7 Å². The van der Waals surface area contributed by atoms with Crippen LogP contribution in [0.3, 0.4) is 0 Å². The second-order valence-corrected chi connectivity index (χ2v) is 7.39. The van der Waals surface area contributed by atoms with Gasteiger partial charge in [0.15, 0.2) is 0 Å². The van der Waals surface area contributed by atoms with Crippen LogP contribution in [0.1, 0.15) is 40.9 Å². The van der Waals surface area contributed by atoms with E-state index in [0.717, 1.165) is 4.70 Å². The summed E-state index contributed by atoms with van der Waals surface area (Å²) >= 11 is 2.95. The summed E-state index contributed by atoms with van der Waals surface area (Å²) < 4.78 is 14.8. The summed E-state index contributed by atoms with van der Waals surface area (Å²) in [6.07, 6.45) is 4.89. The van der Waals surface area contributed by atoms with Crippen LogP contribution in [0.4, 0.5) is 4.39 Å². The Bertz CT molecular complexity index is 645. The van der Waals surface area contributed by atoms with Gasteiger partial charge < -0.3 is 5.11 Å². The number of carboxylic acids is 1. The van der Waals surface area contributed by atoms with Crippen LogP contribution in [0.5, 0.6) is 0 Å². The minimum absolute atomic E-state index is 0.288. The van der Waals surface area contributed by atoms with Crippen molar-refractivity contribution in [3.8, 4) is 0 Å². The highest BCUT2D eigenvalue weighted by atomic mass is 32.2. The van der Waals surface area contributed by atoms with Crippen molar-refractivity contribution >= 4 is 39.2 Å². The molecule has 1 N–H and O–H groups in total. The predicted octanol–water partition coefficient (Wildman–Crippen LogP) is 4.91. The third kappa shape index (κ3) is 2.56. The van der Waals surface area contributed by atoms with Crippen molar-refractivity contribution in [1.82, 2.24) is 0 Å². The number of halogens is 1. The van der Waals surface area contributed by atoms with E-state index in [2.05, 4.69) is 0 Å². The van der Waals surface area contributed by atoms with Gasteiger partial charge in [-0.25, -0.2) is 9.18 Å². The fourth-order valence-corrected chi connectivity index (χ4v) is 5.26. The molecule has 1 fully saturated rings. The molecule has 3 rings (SSSR count). The Labute approximate surface area is 125 Å². The second-order valence-electron chi connectivity index (χ2n) is 5.05. The zero-order valence-corrected chi connectivity index (χ0v) is 12.5. The maximum atomic E-state index is 14.0. The van der Waals surface area contributed by atoms with E-state index in [9.17, 15) is 14.3 Å². The second kappa shape index (κ2) is 5.74. The van der Waals surface area contributed by atoms with Gasteiger partial charge in [-0.2, -0.15) is 11.8 Å². The monoisotopic (exact) mass is 310 g/mol. The van der Waals surface area contributed by atoms with Gasteiger partial charge in [0.25, 0.3) is 0 Å². The molecule has 1 aromatic heterocycles. The SMILES string of the molecule is O=C(O)c1sc2cccc(F)c2c1CSC1CCCC1. The van der Waals surface area contributed by atoms with Crippen molar-refractivity contribution in [3.05, 3.63) is 34.5 Å². The number of rotatable bonds is 4. The molecule has 1 aliphatic rings. The lowest BCUT2D eigenvalue weighted by molar-refractivity contribution is 0.0701. The molecule has 106 valence electrons. The third-order valence-electron chi connectivity index (χ3n) is 3.72. The number of hydrogen-bond donors (Lipinski definition) is 1. The van der Waals surface area contributed by atoms with E-state index in [1.54, 1.807) is 23.9 Å². The first-order valence-corrected chi connectivity index (χ1v) is 8.58. The van der Waals surface area contributed by atoms with Gasteiger partial charge in [0.2, 0.25) is 0 Å². The van der Waals surface area contributed by atoms with Crippen LogP contribution in [0.25, 0.3) is 10.1 Å². The zero-order valence-electron chi connectivity index (χ0n) is 10.9. The zero-order chi connectivity index (χ0) is 14.1. The molecule has 1 aliphatic carbocycles. The average Bonchev–Trinajstić information content (AvgIpc) is 3.03. The van der Waals surface area contributed by atoms with E-state index in [1.807, 2.05) is 0 Å². The normalized spacial score (nSPS) is 16.1. The highest BCUT2D eigenvalue weighted by molar-refractivity contribution is 7.99. The van der Waals surface area contributed by atoms with Crippen molar-refractivity contribution < 1.29 is 14.3 Å². The molecule has 2 nitrogen and oxygen atoms in total. The Balaban J connectivity index is 1.97. The topological polar surface area (TPSA) is 37.3 Å². The Morgan fingerprint density at radius 3 is 2.85 bits per heavy atom. The van der Waals surface area contributed by atoms with Gasteiger partial charge in [0.1, 0.15) is 10.7 Å². The molecule has 2 aromatic rings. The largest absolute Gasteiger partial charge is 0.477 e. The van der Waals surface area contributed by atoms with Gasteiger partial charge in [0.05, 0.1) is 0 Å². The summed E-state index contributed by atoms with van der Waals surface area (Å²) in [6, 6.07) is 4.83. The van der Waals surface area contributed by atoms with Crippen molar-refractivity contribution in [3.63, 3.8) is 0 Å². The van der Waals surface area contributed by atoms with E-state index in [4.69, 9.17) is 0 Å². The van der Waals surface area contributed by atoms with Crippen LogP contribution >= 0.6 is 23.1 Å². The number of thioether (sulfide) groups is 1. The number of thiophene rings is 1. The molecule has 0 unspecified atom stereocenters. The van der Waals surface area contributed by atoms with E-state index < -0.39 is 5.97 Å². The smallest absolute Gasteiger partial charge is 0.346 e. The summed E-state index contributed by atoms with van der Waals surface area (Å²) in [5.74, 6) is -0.673. The molecule has 0 radical (unpaired) electrons.